The highest BCUT2D eigenvalue weighted by Gasteiger charge is 2.27. The number of aromatic nitrogens is 2. The van der Waals surface area contributed by atoms with Gasteiger partial charge in [0.1, 0.15) is 0 Å². The molecule has 1 atom stereocenters. The number of rotatable bonds is 8. The molecule has 3 aromatic rings. The molecule has 36 heavy (non-hydrogen) atoms. The van der Waals surface area contributed by atoms with Crippen molar-refractivity contribution < 1.29 is 4.74 Å². The van der Waals surface area contributed by atoms with E-state index < -0.39 is 0 Å². The molecule has 2 aromatic heterocycles. The monoisotopic (exact) mass is 488 g/mol. The van der Waals surface area contributed by atoms with Crippen molar-refractivity contribution in [3.63, 3.8) is 0 Å². The van der Waals surface area contributed by atoms with Crippen LogP contribution in [0.3, 0.4) is 0 Å². The van der Waals surface area contributed by atoms with Gasteiger partial charge >= 0.3 is 0 Å². The van der Waals surface area contributed by atoms with Gasteiger partial charge < -0.3 is 25.7 Å². The van der Waals surface area contributed by atoms with Gasteiger partial charge in [-0.25, -0.2) is 4.98 Å². The molecule has 0 spiro atoms. The molecular weight excluding hydrogens is 452 g/mol. The quantitative estimate of drug-likeness (QED) is 0.470. The molecule has 0 radical (unpaired) electrons. The third-order valence-electron chi connectivity index (χ3n) is 6.84. The highest BCUT2D eigenvalue weighted by atomic mass is 16.5. The lowest BCUT2D eigenvalue weighted by Crippen LogP contribution is -2.48. The van der Waals surface area contributed by atoms with Crippen molar-refractivity contribution in [2.24, 2.45) is 18.5 Å². The molecule has 1 aliphatic rings. The summed E-state index contributed by atoms with van der Waals surface area (Å²) >= 11 is 0. The SMILES string of the molecule is COc1cc(CN(Cc2cn(C)c3cc(C)ccc3c2=O)C2CCCN(/C(N)=C/C=C\N)C2)ccn1. The van der Waals surface area contributed by atoms with Gasteiger partial charge in [0.15, 0.2) is 5.43 Å². The Labute approximate surface area is 212 Å². The molecule has 4 rings (SSSR count). The van der Waals surface area contributed by atoms with Gasteiger partial charge in [0.05, 0.1) is 18.4 Å². The second-order valence-electron chi connectivity index (χ2n) is 9.44. The predicted molar refractivity (Wildman–Crippen MR) is 144 cm³/mol. The second-order valence-corrected chi connectivity index (χ2v) is 9.44. The molecule has 1 fully saturated rings. The highest BCUT2D eigenvalue weighted by Crippen LogP contribution is 2.23. The number of piperidine rings is 1. The lowest BCUT2D eigenvalue weighted by molar-refractivity contribution is 0.101. The molecule has 4 N–H and O–H groups in total. The Bertz CT molecular complexity index is 1330. The van der Waals surface area contributed by atoms with Crippen LogP contribution in [0.2, 0.25) is 0 Å². The number of aryl methyl sites for hydroxylation is 2. The lowest BCUT2D eigenvalue weighted by atomic mass is 10.0. The Hall–Kier alpha value is -3.78. The van der Waals surface area contributed by atoms with Crippen LogP contribution in [0.5, 0.6) is 5.88 Å². The third kappa shape index (κ3) is 5.71. The largest absolute Gasteiger partial charge is 0.481 e. The van der Waals surface area contributed by atoms with Crippen LogP contribution < -0.4 is 21.6 Å². The molecule has 0 amide bonds. The van der Waals surface area contributed by atoms with Crippen LogP contribution in [0.15, 0.2) is 71.7 Å². The van der Waals surface area contributed by atoms with Gasteiger partial charge in [0, 0.05) is 68.7 Å². The van der Waals surface area contributed by atoms with Crippen LogP contribution in [0.4, 0.5) is 0 Å². The predicted octanol–water partition coefficient (Wildman–Crippen LogP) is 2.99. The molecule has 8 heteroatoms. The Morgan fingerprint density at radius 2 is 2.11 bits per heavy atom. The second kappa shape index (κ2) is 11.3. The van der Waals surface area contributed by atoms with Gasteiger partial charge in [0.25, 0.3) is 0 Å². The maximum absolute atomic E-state index is 13.5. The minimum absolute atomic E-state index is 0.0839. The zero-order valence-corrected chi connectivity index (χ0v) is 21.4. The first-order chi connectivity index (χ1) is 17.4. The maximum atomic E-state index is 13.5. The Balaban J connectivity index is 1.68. The summed E-state index contributed by atoms with van der Waals surface area (Å²) in [6.45, 7) is 4.91. The summed E-state index contributed by atoms with van der Waals surface area (Å²) in [5, 5.41) is 0.747. The average molecular weight is 489 g/mol. The zero-order chi connectivity index (χ0) is 25.7. The highest BCUT2D eigenvalue weighted by molar-refractivity contribution is 5.80. The van der Waals surface area contributed by atoms with E-state index in [-0.39, 0.29) is 11.5 Å². The van der Waals surface area contributed by atoms with Crippen LogP contribution in [0.25, 0.3) is 10.9 Å². The first-order valence-corrected chi connectivity index (χ1v) is 12.3. The number of allylic oxidation sites excluding steroid dienone is 2. The summed E-state index contributed by atoms with van der Waals surface area (Å²) in [5.41, 5.74) is 15.9. The number of methoxy groups -OCH3 is 1. The van der Waals surface area contributed by atoms with Crippen LogP contribution >= 0.6 is 0 Å². The summed E-state index contributed by atoms with van der Waals surface area (Å²) in [4.78, 5) is 22.3. The van der Waals surface area contributed by atoms with Crippen molar-refractivity contribution in [3.05, 3.63) is 93.8 Å². The molecule has 3 heterocycles. The van der Waals surface area contributed by atoms with E-state index in [0.717, 1.165) is 53.5 Å². The summed E-state index contributed by atoms with van der Waals surface area (Å²) in [7, 11) is 3.62. The molecule has 190 valence electrons. The fourth-order valence-corrected chi connectivity index (χ4v) is 4.95. The van der Waals surface area contributed by atoms with Gasteiger partial charge in [0.2, 0.25) is 5.88 Å². The molecule has 1 saturated heterocycles. The first-order valence-electron chi connectivity index (χ1n) is 12.3. The minimum Gasteiger partial charge on any atom is -0.481 e. The fourth-order valence-electron chi connectivity index (χ4n) is 4.95. The average Bonchev–Trinajstić information content (AvgIpc) is 2.89. The van der Waals surface area contributed by atoms with E-state index in [1.165, 1.54) is 6.20 Å². The van der Waals surface area contributed by atoms with Crippen molar-refractivity contribution in [2.75, 3.05) is 20.2 Å². The topological polar surface area (TPSA) is 103 Å². The van der Waals surface area contributed by atoms with Gasteiger partial charge in [-0.15, -0.1) is 0 Å². The maximum Gasteiger partial charge on any atom is 0.213 e. The molecule has 0 aliphatic carbocycles. The van der Waals surface area contributed by atoms with E-state index in [0.29, 0.717) is 24.8 Å². The normalized spacial score (nSPS) is 16.8. The van der Waals surface area contributed by atoms with E-state index in [1.54, 1.807) is 19.4 Å². The number of likely N-dealkylation sites (tertiary alicyclic amines) is 1. The number of fused-ring (bicyclic) bond motifs is 1. The fraction of sp³-hybridized carbons (Fsp3) is 0.357. The summed E-state index contributed by atoms with van der Waals surface area (Å²) in [6.07, 6.45) is 10.8. The van der Waals surface area contributed by atoms with Gasteiger partial charge in [-0.3, -0.25) is 9.69 Å². The Morgan fingerprint density at radius 1 is 1.28 bits per heavy atom. The molecule has 1 aliphatic heterocycles. The van der Waals surface area contributed by atoms with Crippen LogP contribution in [0.1, 0.15) is 29.5 Å². The number of benzene rings is 1. The van der Waals surface area contributed by atoms with E-state index in [1.807, 2.05) is 50.5 Å². The van der Waals surface area contributed by atoms with Crippen LogP contribution in [0, 0.1) is 6.92 Å². The van der Waals surface area contributed by atoms with Crippen molar-refractivity contribution in [1.82, 2.24) is 19.4 Å². The summed E-state index contributed by atoms with van der Waals surface area (Å²) in [5.74, 6) is 1.28. The number of pyridine rings is 2. The molecule has 8 nitrogen and oxygen atoms in total. The Morgan fingerprint density at radius 3 is 2.89 bits per heavy atom. The van der Waals surface area contributed by atoms with Gasteiger partial charge in [-0.05, 0) is 67.4 Å². The van der Waals surface area contributed by atoms with Gasteiger partial charge in [-0.1, -0.05) is 6.07 Å². The minimum atomic E-state index is 0.0839. The van der Waals surface area contributed by atoms with Crippen molar-refractivity contribution in [2.45, 2.75) is 38.9 Å². The smallest absolute Gasteiger partial charge is 0.213 e. The number of hydrogen-bond acceptors (Lipinski definition) is 7. The van der Waals surface area contributed by atoms with Crippen molar-refractivity contribution in [1.29, 1.82) is 0 Å². The van der Waals surface area contributed by atoms with Crippen LogP contribution in [-0.2, 0) is 20.1 Å². The van der Waals surface area contributed by atoms with Crippen molar-refractivity contribution in [3.8, 4) is 5.88 Å². The van der Waals surface area contributed by atoms with E-state index in [4.69, 9.17) is 16.2 Å². The number of hydrogen-bond donors (Lipinski definition) is 2. The Kier molecular flexibility index (Phi) is 7.95. The molecule has 0 bridgehead atoms. The molecular formula is C28H36N6O2. The molecule has 1 aromatic carbocycles. The van der Waals surface area contributed by atoms with E-state index in [2.05, 4.69) is 25.4 Å². The molecule has 0 saturated carbocycles. The third-order valence-corrected chi connectivity index (χ3v) is 6.84. The number of nitrogens with two attached hydrogens (primary N) is 2. The van der Waals surface area contributed by atoms with Crippen molar-refractivity contribution >= 4 is 10.9 Å². The standard InChI is InChI=1S/C28H36N6O2/c1-20-8-9-24-25(14-20)32(2)17-22(28(24)35)18-34(16-21-10-12-31-27(15-21)36-3)23-6-5-13-33(19-23)26(30)7-4-11-29/h4,7-12,14-15,17,23H,5-6,13,16,18-19,29-30H2,1-3H3/b11-4-,26-7+. The summed E-state index contributed by atoms with van der Waals surface area (Å²) < 4.78 is 7.40. The van der Waals surface area contributed by atoms with E-state index >= 15 is 0 Å². The number of ether oxygens (including phenoxy) is 1. The molecule has 1 unspecified atom stereocenters. The lowest BCUT2D eigenvalue weighted by Gasteiger charge is -2.40. The number of nitrogens with zero attached hydrogens (tertiary/aromatic N) is 4. The van der Waals surface area contributed by atoms with Crippen LogP contribution in [-0.4, -0.2) is 45.6 Å². The summed E-state index contributed by atoms with van der Waals surface area (Å²) in [6, 6.07) is 10.2. The first kappa shape index (κ1) is 25.3. The zero-order valence-electron chi connectivity index (χ0n) is 21.4. The van der Waals surface area contributed by atoms with Gasteiger partial charge in [-0.2, -0.15) is 0 Å². The van der Waals surface area contributed by atoms with E-state index in [9.17, 15) is 4.79 Å².